The Bertz CT molecular complexity index is 322. The van der Waals surface area contributed by atoms with Gasteiger partial charge < -0.3 is 10.5 Å². The second-order valence-electron chi connectivity index (χ2n) is 2.86. The van der Waals surface area contributed by atoms with E-state index in [1.807, 2.05) is 0 Å². The molecule has 0 spiro atoms. The van der Waals surface area contributed by atoms with Crippen LogP contribution in [-0.4, -0.2) is 13.3 Å². The van der Waals surface area contributed by atoms with Gasteiger partial charge in [0.25, 0.3) is 0 Å². The number of methoxy groups -OCH3 is 1. The zero-order chi connectivity index (χ0) is 10.8. The molecule has 0 amide bonds. The maximum Gasteiger partial charge on any atom is 0.393 e. The molecule has 0 saturated carbocycles. The summed E-state index contributed by atoms with van der Waals surface area (Å²) in [4.78, 5) is 0. The molecule has 2 nitrogen and oxygen atoms in total. The highest BCUT2D eigenvalue weighted by Crippen LogP contribution is 2.27. The SMILES string of the molecule is COc1ccc(N)c(CC(F)(F)F)c1. The zero-order valence-corrected chi connectivity index (χ0v) is 7.56. The lowest BCUT2D eigenvalue weighted by Gasteiger charge is -2.10. The van der Waals surface area contributed by atoms with E-state index in [1.54, 1.807) is 0 Å². The molecule has 0 unspecified atom stereocenters. The quantitative estimate of drug-likeness (QED) is 0.752. The van der Waals surface area contributed by atoms with Crippen LogP contribution in [0.2, 0.25) is 0 Å². The fraction of sp³-hybridized carbons (Fsp3) is 0.333. The van der Waals surface area contributed by atoms with Gasteiger partial charge in [0.15, 0.2) is 0 Å². The van der Waals surface area contributed by atoms with Crippen LogP contribution in [0.25, 0.3) is 0 Å². The minimum Gasteiger partial charge on any atom is -0.497 e. The Morgan fingerprint density at radius 2 is 2.00 bits per heavy atom. The molecule has 0 fully saturated rings. The van der Waals surface area contributed by atoms with E-state index in [0.717, 1.165) is 0 Å². The molecule has 0 bridgehead atoms. The first-order valence-corrected chi connectivity index (χ1v) is 3.91. The van der Waals surface area contributed by atoms with E-state index in [4.69, 9.17) is 10.5 Å². The Kier molecular flexibility index (Phi) is 2.88. The van der Waals surface area contributed by atoms with Crippen molar-refractivity contribution in [3.8, 4) is 5.75 Å². The lowest BCUT2D eigenvalue weighted by Crippen LogP contribution is -2.13. The van der Waals surface area contributed by atoms with Crippen molar-refractivity contribution in [1.82, 2.24) is 0 Å². The van der Waals surface area contributed by atoms with Crippen molar-refractivity contribution in [2.75, 3.05) is 12.8 Å². The Morgan fingerprint density at radius 1 is 1.36 bits per heavy atom. The second-order valence-corrected chi connectivity index (χ2v) is 2.86. The molecule has 1 rings (SSSR count). The largest absolute Gasteiger partial charge is 0.497 e. The molecule has 1 aromatic carbocycles. The van der Waals surface area contributed by atoms with Crippen LogP contribution in [0.5, 0.6) is 5.75 Å². The number of benzene rings is 1. The van der Waals surface area contributed by atoms with Gasteiger partial charge in [0.05, 0.1) is 13.5 Å². The summed E-state index contributed by atoms with van der Waals surface area (Å²) in [6.45, 7) is 0. The van der Waals surface area contributed by atoms with Crippen LogP contribution in [-0.2, 0) is 6.42 Å². The van der Waals surface area contributed by atoms with Crippen molar-refractivity contribution in [2.24, 2.45) is 0 Å². The highest BCUT2D eigenvalue weighted by Gasteiger charge is 2.28. The summed E-state index contributed by atoms with van der Waals surface area (Å²) in [6, 6.07) is 4.22. The van der Waals surface area contributed by atoms with Crippen LogP contribution in [0.1, 0.15) is 5.56 Å². The number of hydrogen-bond acceptors (Lipinski definition) is 2. The first kappa shape index (κ1) is 10.7. The van der Waals surface area contributed by atoms with Gasteiger partial charge in [-0.25, -0.2) is 0 Å². The first-order valence-electron chi connectivity index (χ1n) is 3.91. The van der Waals surface area contributed by atoms with Crippen LogP contribution in [0.3, 0.4) is 0 Å². The molecule has 5 heteroatoms. The number of nitrogens with two attached hydrogens (primary N) is 1. The predicted molar refractivity (Wildman–Crippen MR) is 47.2 cm³/mol. The number of rotatable bonds is 2. The van der Waals surface area contributed by atoms with Gasteiger partial charge in [-0.05, 0) is 23.8 Å². The number of halogens is 3. The van der Waals surface area contributed by atoms with Crippen LogP contribution in [0.4, 0.5) is 18.9 Å². The number of alkyl halides is 3. The molecule has 0 aromatic heterocycles. The minimum absolute atomic E-state index is 0.0388. The van der Waals surface area contributed by atoms with Gasteiger partial charge >= 0.3 is 6.18 Å². The van der Waals surface area contributed by atoms with E-state index in [2.05, 4.69) is 0 Å². The Labute approximate surface area is 79.5 Å². The second kappa shape index (κ2) is 3.77. The van der Waals surface area contributed by atoms with E-state index < -0.39 is 12.6 Å². The van der Waals surface area contributed by atoms with Gasteiger partial charge in [-0.1, -0.05) is 0 Å². The molecule has 0 radical (unpaired) electrons. The van der Waals surface area contributed by atoms with Crippen molar-refractivity contribution >= 4 is 5.69 Å². The van der Waals surface area contributed by atoms with Crippen LogP contribution >= 0.6 is 0 Å². The highest BCUT2D eigenvalue weighted by molar-refractivity contribution is 5.50. The average Bonchev–Trinajstić information content (AvgIpc) is 2.06. The van der Waals surface area contributed by atoms with Gasteiger partial charge in [0, 0.05) is 5.69 Å². The molecular weight excluding hydrogens is 195 g/mol. The summed E-state index contributed by atoms with van der Waals surface area (Å²) in [7, 11) is 1.39. The normalized spacial score (nSPS) is 11.4. The topological polar surface area (TPSA) is 35.2 Å². The van der Waals surface area contributed by atoms with Crippen LogP contribution in [0.15, 0.2) is 18.2 Å². The monoisotopic (exact) mass is 205 g/mol. The number of ether oxygens (including phenoxy) is 1. The smallest absolute Gasteiger partial charge is 0.393 e. The molecule has 0 aliphatic heterocycles. The van der Waals surface area contributed by atoms with Gasteiger partial charge in [0.1, 0.15) is 5.75 Å². The number of hydrogen-bond donors (Lipinski definition) is 1. The van der Waals surface area contributed by atoms with Crippen LogP contribution < -0.4 is 10.5 Å². The third-order valence-electron chi connectivity index (χ3n) is 1.74. The van der Waals surface area contributed by atoms with E-state index in [9.17, 15) is 13.2 Å². The third-order valence-corrected chi connectivity index (χ3v) is 1.74. The highest BCUT2D eigenvalue weighted by atomic mass is 19.4. The van der Waals surface area contributed by atoms with Crippen molar-refractivity contribution < 1.29 is 17.9 Å². The molecule has 78 valence electrons. The molecule has 14 heavy (non-hydrogen) atoms. The minimum atomic E-state index is -4.25. The molecular formula is C9H10F3NO. The van der Waals surface area contributed by atoms with E-state index >= 15 is 0 Å². The standard InChI is InChI=1S/C9H10F3NO/c1-14-7-2-3-8(13)6(4-7)5-9(10,11)12/h2-4H,5,13H2,1H3. The Hall–Kier alpha value is -1.39. The summed E-state index contributed by atoms with van der Waals surface area (Å²) >= 11 is 0. The summed E-state index contributed by atoms with van der Waals surface area (Å²) in [5.41, 5.74) is 5.56. The summed E-state index contributed by atoms with van der Waals surface area (Å²) in [5, 5.41) is 0. The van der Waals surface area contributed by atoms with Gasteiger partial charge in [-0.15, -0.1) is 0 Å². The Balaban J connectivity index is 2.95. The molecule has 1 aromatic rings. The lowest BCUT2D eigenvalue weighted by molar-refractivity contribution is -0.127. The van der Waals surface area contributed by atoms with Gasteiger partial charge in [-0.2, -0.15) is 13.2 Å². The Morgan fingerprint density at radius 3 is 2.50 bits per heavy atom. The summed E-state index contributed by atoms with van der Waals surface area (Å²) in [6.07, 6.45) is -5.28. The van der Waals surface area contributed by atoms with Crippen molar-refractivity contribution in [3.63, 3.8) is 0 Å². The molecule has 0 heterocycles. The van der Waals surface area contributed by atoms with Gasteiger partial charge in [-0.3, -0.25) is 0 Å². The summed E-state index contributed by atoms with van der Waals surface area (Å²) < 4.78 is 41.0. The van der Waals surface area contributed by atoms with Crippen LogP contribution in [0, 0.1) is 0 Å². The number of nitrogen functional groups attached to an aromatic ring is 1. The maximum atomic E-state index is 12.1. The molecule has 0 aliphatic rings. The average molecular weight is 205 g/mol. The van der Waals surface area contributed by atoms with Crippen molar-refractivity contribution in [1.29, 1.82) is 0 Å². The molecule has 0 saturated heterocycles. The summed E-state index contributed by atoms with van der Waals surface area (Å²) in [5.74, 6) is 0.374. The first-order chi connectivity index (χ1) is 6.42. The lowest BCUT2D eigenvalue weighted by atomic mass is 10.1. The molecule has 2 N–H and O–H groups in total. The molecule has 0 atom stereocenters. The number of anilines is 1. The fourth-order valence-corrected chi connectivity index (χ4v) is 1.08. The van der Waals surface area contributed by atoms with Gasteiger partial charge in [0.2, 0.25) is 0 Å². The maximum absolute atomic E-state index is 12.1. The third kappa shape index (κ3) is 2.83. The fourth-order valence-electron chi connectivity index (χ4n) is 1.08. The molecule has 0 aliphatic carbocycles. The van der Waals surface area contributed by atoms with Crippen molar-refractivity contribution in [3.05, 3.63) is 23.8 Å². The zero-order valence-electron chi connectivity index (χ0n) is 7.56. The predicted octanol–water partition coefficient (Wildman–Crippen LogP) is 2.38. The van der Waals surface area contributed by atoms with E-state index in [0.29, 0.717) is 5.75 Å². The van der Waals surface area contributed by atoms with E-state index in [1.165, 1.54) is 25.3 Å². The van der Waals surface area contributed by atoms with Crippen molar-refractivity contribution in [2.45, 2.75) is 12.6 Å². The van der Waals surface area contributed by atoms with E-state index in [-0.39, 0.29) is 11.3 Å².